The summed E-state index contributed by atoms with van der Waals surface area (Å²) in [6, 6.07) is 15.3. The Morgan fingerprint density at radius 1 is 1.03 bits per heavy atom. The van der Waals surface area contributed by atoms with Crippen LogP contribution in [0.2, 0.25) is 0 Å². The number of halogens is 1. The first-order valence-corrected chi connectivity index (χ1v) is 14.1. The number of carbonyl (C=O) groups is 3. The number of carbonyl (C=O) groups excluding carboxylic acids is 3. The lowest BCUT2D eigenvalue weighted by atomic mass is 9.85. The second-order valence-electron chi connectivity index (χ2n) is 11.1. The number of para-hydroxylation sites is 1. The predicted octanol–water partition coefficient (Wildman–Crippen LogP) is 2.81. The third-order valence-electron chi connectivity index (χ3n) is 8.45. The molecule has 0 aromatic heterocycles. The molecule has 3 N–H and O–H groups in total. The molecule has 2 heterocycles. The van der Waals surface area contributed by atoms with Crippen molar-refractivity contribution >= 4 is 23.4 Å². The maximum Gasteiger partial charge on any atom is 0.250 e. The van der Waals surface area contributed by atoms with E-state index >= 15 is 0 Å². The number of likely N-dealkylation sites (tertiary alicyclic amines) is 1. The summed E-state index contributed by atoms with van der Waals surface area (Å²) >= 11 is 0. The molecule has 2 saturated heterocycles. The average molecular weight is 536 g/mol. The highest BCUT2D eigenvalue weighted by Gasteiger charge is 2.54. The van der Waals surface area contributed by atoms with Crippen LogP contribution in [0.3, 0.4) is 0 Å². The largest absolute Gasteiger partial charge is 0.352 e. The maximum absolute atomic E-state index is 13.9. The Hall–Kier alpha value is -3.46. The molecule has 1 spiro atoms. The zero-order chi connectivity index (χ0) is 27.4. The van der Waals surface area contributed by atoms with E-state index in [1.54, 1.807) is 21.9 Å². The first-order chi connectivity index (χ1) is 18.9. The Morgan fingerprint density at radius 2 is 1.74 bits per heavy atom. The molecule has 8 nitrogen and oxygen atoms in total. The quantitative estimate of drug-likeness (QED) is 0.568. The monoisotopic (exact) mass is 535 g/mol. The molecule has 2 aromatic rings. The Kier molecular flexibility index (Phi) is 8.16. The molecular weight excluding hydrogens is 497 g/mol. The SMILES string of the molecule is N[C@H](Cc1cccc(F)c1)C(=O)N1CCC2(CC1)C(=O)N(CC(=O)NC1CCCCC1)CN2c1ccccc1. The van der Waals surface area contributed by atoms with E-state index < -0.39 is 11.6 Å². The van der Waals surface area contributed by atoms with Crippen molar-refractivity contribution in [3.05, 3.63) is 66.0 Å². The summed E-state index contributed by atoms with van der Waals surface area (Å²) in [6.45, 7) is 1.12. The third kappa shape index (κ3) is 5.93. The molecule has 1 atom stereocenters. The van der Waals surface area contributed by atoms with Gasteiger partial charge in [0, 0.05) is 24.8 Å². The van der Waals surface area contributed by atoms with E-state index in [0.717, 1.165) is 31.4 Å². The van der Waals surface area contributed by atoms with Gasteiger partial charge in [-0.2, -0.15) is 0 Å². The first-order valence-electron chi connectivity index (χ1n) is 14.1. The summed E-state index contributed by atoms with van der Waals surface area (Å²) in [4.78, 5) is 45.4. The van der Waals surface area contributed by atoms with Crippen molar-refractivity contribution < 1.29 is 18.8 Å². The van der Waals surface area contributed by atoms with E-state index in [-0.39, 0.29) is 42.5 Å². The summed E-state index contributed by atoms with van der Waals surface area (Å²) < 4.78 is 13.6. The number of amides is 3. The Labute approximate surface area is 229 Å². The fourth-order valence-corrected chi connectivity index (χ4v) is 6.35. The summed E-state index contributed by atoms with van der Waals surface area (Å²) in [5, 5.41) is 3.13. The van der Waals surface area contributed by atoms with Crippen molar-refractivity contribution in [2.24, 2.45) is 5.73 Å². The van der Waals surface area contributed by atoms with Gasteiger partial charge in [0.25, 0.3) is 5.91 Å². The molecule has 3 aliphatic rings. The minimum atomic E-state index is -0.824. The van der Waals surface area contributed by atoms with Gasteiger partial charge in [-0.1, -0.05) is 49.6 Å². The van der Waals surface area contributed by atoms with Gasteiger partial charge in [-0.3, -0.25) is 14.4 Å². The van der Waals surface area contributed by atoms with Crippen LogP contribution in [0, 0.1) is 5.82 Å². The van der Waals surface area contributed by atoms with Crippen molar-refractivity contribution in [1.29, 1.82) is 0 Å². The zero-order valence-corrected chi connectivity index (χ0v) is 22.4. The molecule has 0 bridgehead atoms. The van der Waals surface area contributed by atoms with Crippen molar-refractivity contribution in [3.63, 3.8) is 0 Å². The Bertz CT molecular complexity index is 1180. The summed E-state index contributed by atoms with van der Waals surface area (Å²) in [7, 11) is 0. The van der Waals surface area contributed by atoms with Gasteiger partial charge in [-0.25, -0.2) is 4.39 Å². The van der Waals surface area contributed by atoms with Crippen molar-refractivity contribution in [2.45, 2.75) is 69.0 Å². The van der Waals surface area contributed by atoms with Gasteiger partial charge in [-0.15, -0.1) is 0 Å². The van der Waals surface area contributed by atoms with Crippen LogP contribution >= 0.6 is 0 Å². The lowest BCUT2D eigenvalue weighted by Gasteiger charge is -2.43. The van der Waals surface area contributed by atoms with Crippen LogP contribution in [0.15, 0.2) is 54.6 Å². The maximum atomic E-state index is 13.9. The van der Waals surface area contributed by atoms with Crippen LogP contribution in [-0.2, 0) is 20.8 Å². The van der Waals surface area contributed by atoms with Crippen LogP contribution in [0.25, 0.3) is 0 Å². The van der Waals surface area contributed by atoms with E-state index in [2.05, 4.69) is 10.2 Å². The van der Waals surface area contributed by atoms with Crippen LogP contribution in [0.4, 0.5) is 10.1 Å². The fourth-order valence-electron chi connectivity index (χ4n) is 6.35. The molecule has 1 saturated carbocycles. The second-order valence-corrected chi connectivity index (χ2v) is 11.1. The van der Waals surface area contributed by atoms with Gasteiger partial charge < -0.3 is 25.8 Å². The van der Waals surface area contributed by atoms with E-state index in [9.17, 15) is 18.8 Å². The number of hydrogen-bond acceptors (Lipinski definition) is 5. The zero-order valence-electron chi connectivity index (χ0n) is 22.4. The molecule has 3 fully saturated rings. The van der Waals surface area contributed by atoms with Crippen molar-refractivity contribution in [1.82, 2.24) is 15.1 Å². The first kappa shape index (κ1) is 27.1. The topological polar surface area (TPSA) is 99.0 Å². The molecule has 0 radical (unpaired) electrons. The molecule has 2 aliphatic heterocycles. The minimum absolute atomic E-state index is 0.0293. The average Bonchev–Trinajstić information content (AvgIpc) is 3.20. The van der Waals surface area contributed by atoms with Gasteiger partial charge in [-0.05, 0) is 61.9 Å². The molecule has 208 valence electrons. The molecule has 9 heteroatoms. The van der Waals surface area contributed by atoms with Crippen molar-refractivity contribution in [3.8, 4) is 0 Å². The number of rotatable bonds is 7. The van der Waals surface area contributed by atoms with Crippen molar-refractivity contribution in [2.75, 3.05) is 31.2 Å². The summed E-state index contributed by atoms with van der Waals surface area (Å²) in [5.74, 6) is -0.739. The molecule has 5 rings (SSSR count). The van der Waals surface area contributed by atoms with Crippen LogP contribution < -0.4 is 16.0 Å². The smallest absolute Gasteiger partial charge is 0.250 e. The lowest BCUT2D eigenvalue weighted by Crippen LogP contribution is -2.59. The van der Waals surface area contributed by atoms with Crippen LogP contribution in [0.5, 0.6) is 0 Å². The van der Waals surface area contributed by atoms with Gasteiger partial charge in [0.15, 0.2) is 0 Å². The second kappa shape index (κ2) is 11.7. The van der Waals surface area contributed by atoms with E-state index in [4.69, 9.17) is 5.73 Å². The Balaban J connectivity index is 1.26. The van der Waals surface area contributed by atoms with Gasteiger partial charge in [0.1, 0.15) is 17.9 Å². The predicted molar refractivity (Wildman–Crippen MR) is 147 cm³/mol. The third-order valence-corrected chi connectivity index (χ3v) is 8.45. The number of nitrogens with one attached hydrogen (secondary N) is 1. The van der Waals surface area contributed by atoms with Crippen LogP contribution in [0.1, 0.15) is 50.5 Å². The lowest BCUT2D eigenvalue weighted by molar-refractivity contribution is -0.140. The highest BCUT2D eigenvalue weighted by Crippen LogP contribution is 2.39. The minimum Gasteiger partial charge on any atom is -0.352 e. The van der Waals surface area contributed by atoms with Gasteiger partial charge in [0.05, 0.1) is 12.7 Å². The normalized spacial score (nSPS) is 20.4. The summed E-state index contributed by atoms with van der Waals surface area (Å²) in [5.41, 5.74) is 7.00. The summed E-state index contributed by atoms with van der Waals surface area (Å²) in [6.07, 6.45) is 6.58. The molecule has 39 heavy (non-hydrogen) atoms. The van der Waals surface area contributed by atoms with Crippen LogP contribution in [-0.4, -0.2) is 71.4 Å². The molecule has 1 aliphatic carbocycles. The van der Waals surface area contributed by atoms with Gasteiger partial charge >= 0.3 is 0 Å². The number of piperidine rings is 1. The standard InChI is InChI=1S/C30H38FN5O3/c31-23-9-7-8-22(18-23)19-26(32)28(38)34-16-14-30(15-17-34)29(39)35(21-36(30)25-12-5-2-6-13-25)20-27(37)33-24-10-3-1-4-11-24/h2,5-9,12-13,18,24,26H,1,3-4,10-11,14-17,19-21,32H2,(H,33,37)/t26-/m1/s1. The van der Waals surface area contributed by atoms with E-state index in [0.29, 0.717) is 38.2 Å². The fraction of sp³-hybridized carbons (Fsp3) is 0.500. The van der Waals surface area contributed by atoms with E-state index in [1.165, 1.54) is 18.6 Å². The number of hydrogen-bond donors (Lipinski definition) is 2. The van der Waals surface area contributed by atoms with E-state index in [1.807, 2.05) is 30.3 Å². The number of anilines is 1. The molecule has 3 amide bonds. The number of benzene rings is 2. The number of nitrogens with zero attached hydrogens (tertiary/aromatic N) is 3. The Morgan fingerprint density at radius 3 is 2.44 bits per heavy atom. The molecule has 0 unspecified atom stereocenters. The highest BCUT2D eigenvalue weighted by atomic mass is 19.1. The number of nitrogens with two attached hydrogens (primary N) is 1. The molecule has 2 aromatic carbocycles. The van der Waals surface area contributed by atoms with Gasteiger partial charge in [0.2, 0.25) is 11.8 Å². The highest BCUT2D eigenvalue weighted by molar-refractivity contribution is 5.96. The molecular formula is C30H38FN5O3.